The summed E-state index contributed by atoms with van der Waals surface area (Å²) >= 11 is 0. The predicted octanol–water partition coefficient (Wildman–Crippen LogP) is 4.58. The van der Waals surface area contributed by atoms with Crippen molar-refractivity contribution in [2.24, 2.45) is 5.92 Å². The molecule has 0 bridgehead atoms. The number of carbonyl (C=O) groups excluding carboxylic acids is 1. The molecule has 2 aromatic heterocycles. The quantitative estimate of drug-likeness (QED) is 0.325. The van der Waals surface area contributed by atoms with Gasteiger partial charge in [-0.05, 0) is 63.5 Å². The van der Waals surface area contributed by atoms with Crippen molar-refractivity contribution in [1.82, 2.24) is 9.78 Å². The zero-order valence-electron chi connectivity index (χ0n) is 20.4. The molecule has 0 unspecified atom stereocenters. The molecule has 3 aromatic rings. The molecule has 2 aliphatic rings. The van der Waals surface area contributed by atoms with Gasteiger partial charge >= 0.3 is 23.2 Å². The topological polar surface area (TPSA) is 100 Å². The number of ether oxygens (including phenoxy) is 1. The van der Waals surface area contributed by atoms with Gasteiger partial charge in [-0.2, -0.15) is 13.9 Å². The van der Waals surface area contributed by atoms with Crippen LogP contribution in [0.4, 0.5) is 14.5 Å². The predicted molar refractivity (Wildman–Crippen MR) is 127 cm³/mol. The summed E-state index contributed by atoms with van der Waals surface area (Å²) in [5.41, 5.74) is -0.528. The summed E-state index contributed by atoms with van der Waals surface area (Å²) in [6.45, 7) is 2.80. The molecule has 0 saturated heterocycles. The molecule has 1 aromatic carbocycles. The molecule has 0 atom stereocenters. The molecular weight excluding hydrogens is 470 g/mol. The first kappa shape index (κ1) is 24.4. The number of hydrogen-bond acceptors (Lipinski definition) is 5. The van der Waals surface area contributed by atoms with Gasteiger partial charge in [-0.1, -0.05) is 0 Å². The third-order valence-electron chi connectivity index (χ3n) is 7.35. The lowest BCUT2D eigenvalue weighted by molar-refractivity contribution is -0.914. The Morgan fingerprint density at radius 3 is 2.64 bits per heavy atom. The Labute approximate surface area is 207 Å². The number of alkyl halides is 2. The van der Waals surface area contributed by atoms with Gasteiger partial charge < -0.3 is 15.2 Å². The van der Waals surface area contributed by atoms with Crippen LogP contribution in [0.1, 0.15) is 74.6 Å². The number of anilines is 1. The molecule has 2 fully saturated rings. The first-order valence-electron chi connectivity index (χ1n) is 12.4. The number of carbonyl (C=O) groups is 1. The largest absolute Gasteiger partial charge is 0.492 e. The van der Waals surface area contributed by atoms with Gasteiger partial charge in [0.15, 0.2) is 0 Å². The minimum Gasteiger partial charge on any atom is -0.492 e. The zero-order valence-corrected chi connectivity index (χ0v) is 20.4. The number of nitrogens with zero attached hydrogens (tertiary/aromatic N) is 3. The highest BCUT2D eigenvalue weighted by atomic mass is 19.3. The number of benzene rings is 1. The van der Waals surface area contributed by atoms with Gasteiger partial charge in [-0.25, -0.2) is 0 Å². The molecule has 1 amide bonds. The van der Waals surface area contributed by atoms with Crippen LogP contribution in [0.3, 0.4) is 0 Å². The van der Waals surface area contributed by atoms with Gasteiger partial charge in [-0.15, -0.1) is 0 Å². The lowest BCUT2D eigenvalue weighted by Gasteiger charge is -2.36. The van der Waals surface area contributed by atoms with Crippen LogP contribution in [0.5, 0.6) is 5.75 Å². The second-order valence-electron chi connectivity index (χ2n) is 10.0. The van der Waals surface area contributed by atoms with Crippen molar-refractivity contribution in [1.29, 1.82) is 0 Å². The highest BCUT2D eigenvalue weighted by Crippen LogP contribution is 2.49. The molecule has 36 heavy (non-hydrogen) atoms. The first-order chi connectivity index (χ1) is 17.1. The molecule has 2 aliphatic carbocycles. The smallest absolute Gasteiger partial charge is 0.332 e. The standard InChI is InChI=1S/C26H30F2N4O4/c1-3-36-22-14-19-16(15-31(30-19)18-9-11-26(34,12-10-18)17-7-8-17)13-20(22)29-24(33)21-5-4-6-23(32(21)35)25(2,27)28/h4-6,13-15,17-18,34H,3,7-12H2,1-2H3,(H-,29,33,35)/p+1. The molecule has 3 N–H and O–H groups in total. The number of halogens is 2. The molecule has 2 heterocycles. The summed E-state index contributed by atoms with van der Waals surface area (Å²) in [6, 6.07) is 7.24. The van der Waals surface area contributed by atoms with Gasteiger partial charge in [0.25, 0.3) is 0 Å². The first-order valence-corrected chi connectivity index (χ1v) is 12.4. The second kappa shape index (κ2) is 8.99. The average Bonchev–Trinajstić information content (AvgIpc) is 3.61. The fourth-order valence-electron chi connectivity index (χ4n) is 5.22. The Hall–Kier alpha value is -3.27. The van der Waals surface area contributed by atoms with E-state index in [4.69, 9.17) is 9.84 Å². The molecule has 5 rings (SSSR count). The van der Waals surface area contributed by atoms with E-state index in [-0.39, 0.29) is 16.5 Å². The van der Waals surface area contributed by atoms with Crippen molar-refractivity contribution < 1.29 is 33.4 Å². The molecule has 2 saturated carbocycles. The average molecular weight is 502 g/mol. The van der Waals surface area contributed by atoms with Gasteiger partial charge in [-0.3, -0.25) is 14.7 Å². The Kier molecular flexibility index (Phi) is 6.10. The SMILES string of the molecule is CCOc1cc2nn(C3CCC(O)(C4CC4)CC3)cc2cc1NC(=O)c1cccc(C(C)(F)F)[n+]1O. The molecule has 10 heteroatoms. The number of hydrogen-bond donors (Lipinski definition) is 3. The summed E-state index contributed by atoms with van der Waals surface area (Å²) in [5.74, 6) is -3.26. The maximum atomic E-state index is 13.8. The number of nitrogens with one attached hydrogen (secondary N) is 1. The molecule has 8 nitrogen and oxygen atoms in total. The third-order valence-corrected chi connectivity index (χ3v) is 7.35. The van der Waals surface area contributed by atoms with E-state index < -0.39 is 23.1 Å². The van der Waals surface area contributed by atoms with Crippen LogP contribution in [-0.2, 0) is 5.92 Å². The third kappa shape index (κ3) is 4.61. The molecule has 192 valence electrons. The number of amides is 1. The monoisotopic (exact) mass is 501 g/mol. The highest BCUT2D eigenvalue weighted by molar-refractivity contribution is 6.04. The van der Waals surface area contributed by atoms with Crippen LogP contribution in [0.2, 0.25) is 0 Å². The van der Waals surface area contributed by atoms with E-state index in [2.05, 4.69) is 5.32 Å². The van der Waals surface area contributed by atoms with E-state index in [1.807, 2.05) is 17.8 Å². The summed E-state index contributed by atoms with van der Waals surface area (Å²) in [4.78, 5) is 12.9. The van der Waals surface area contributed by atoms with Crippen molar-refractivity contribution in [2.45, 2.75) is 69.9 Å². The van der Waals surface area contributed by atoms with Crippen LogP contribution in [0, 0.1) is 5.92 Å². The summed E-state index contributed by atoms with van der Waals surface area (Å²) in [7, 11) is 0. The lowest BCUT2D eigenvalue weighted by atomic mass is 9.79. The zero-order chi connectivity index (χ0) is 25.7. The lowest BCUT2D eigenvalue weighted by Crippen LogP contribution is -2.46. The van der Waals surface area contributed by atoms with Crippen LogP contribution >= 0.6 is 0 Å². The van der Waals surface area contributed by atoms with Gasteiger partial charge in [0.05, 0.1) is 29.5 Å². The molecular formula is C26H31F2N4O4+. The molecule has 0 aliphatic heterocycles. The van der Waals surface area contributed by atoms with Crippen molar-refractivity contribution in [2.75, 3.05) is 11.9 Å². The van der Waals surface area contributed by atoms with E-state index >= 15 is 0 Å². The van der Waals surface area contributed by atoms with Crippen LogP contribution in [0.15, 0.2) is 36.5 Å². The van der Waals surface area contributed by atoms with Crippen LogP contribution < -0.4 is 14.8 Å². The Bertz CT molecular complexity index is 1290. The number of aliphatic hydroxyl groups is 1. The minimum atomic E-state index is -3.33. The molecule has 0 radical (unpaired) electrons. The van der Waals surface area contributed by atoms with Gasteiger partial charge in [0.1, 0.15) is 5.75 Å². The molecule has 0 spiro atoms. The van der Waals surface area contributed by atoms with E-state index in [0.29, 0.717) is 36.4 Å². The fourth-order valence-corrected chi connectivity index (χ4v) is 5.22. The summed E-state index contributed by atoms with van der Waals surface area (Å²) < 4.78 is 35.5. The number of pyridine rings is 1. The van der Waals surface area contributed by atoms with E-state index in [1.54, 1.807) is 12.1 Å². The van der Waals surface area contributed by atoms with Gasteiger partial charge in [0, 0.05) is 41.4 Å². The van der Waals surface area contributed by atoms with Gasteiger partial charge in [0.2, 0.25) is 0 Å². The summed E-state index contributed by atoms with van der Waals surface area (Å²) in [6.07, 6.45) is 7.36. The van der Waals surface area contributed by atoms with Crippen molar-refractivity contribution >= 4 is 22.5 Å². The maximum absolute atomic E-state index is 13.8. The maximum Gasteiger partial charge on any atom is 0.332 e. The number of rotatable bonds is 7. The van der Waals surface area contributed by atoms with Crippen molar-refractivity contribution in [3.8, 4) is 5.75 Å². The van der Waals surface area contributed by atoms with Crippen molar-refractivity contribution in [3.05, 3.63) is 47.9 Å². The Morgan fingerprint density at radius 2 is 2.00 bits per heavy atom. The van der Waals surface area contributed by atoms with Crippen LogP contribution in [-0.4, -0.2) is 38.2 Å². The normalized spacial score (nSPS) is 22.5. The number of aromatic nitrogens is 3. The van der Waals surface area contributed by atoms with E-state index in [0.717, 1.165) is 50.0 Å². The van der Waals surface area contributed by atoms with Crippen LogP contribution in [0.25, 0.3) is 10.9 Å². The Morgan fingerprint density at radius 1 is 1.28 bits per heavy atom. The fraction of sp³-hybridized carbons (Fsp3) is 0.500. The minimum absolute atomic E-state index is 0.178. The van der Waals surface area contributed by atoms with E-state index in [1.165, 1.54) is 12.1 Å². The van der Waals surface area contributed by atoms with E-state index in [9.17, 15) is 23.9 Å². The van der Waals surface area contributed by atoms with Crippen molar-refractivity contribution in [3.63, 3.8) is 0 Å². The Balaban J connectivity index is 1.40. The second-order valence-corrected chi connectivity index (χ2v) is 10.0. The highest BCUT2D eigenvalue weighted by Gasteiger charge is 2.46. The summed E-state index contributed by atoms with van der Waals surface area (Å²) in [5, 5.41) is 29.3. The number of fused-ring (bicyclic) bond motifs is 1.